The summed E-state index contributed by atoms with van der Waals surface area (Å²) >= 11 is 0. The van der Waals surface area contributed by atoms with E-state index in [4.69, 9.17) is 4.74 Å². The van der Waals surface area contributed by atoms with Crippen molar-refractivity contribution in [3.8, 4) is 0 Å². The van der Waals surface area contributed by atoms with Crippen LogP contribution >= 0.6 is 0 Å². The maximum absolute atomic E-state index is 11.1. The van der Waals surface area contributed by atoms with Gasteiger partial charge in [0.25, 0.3) is 0 Å². The molecule has 0 bridgehead atoms. The lowest BCUT2D eigenvalue weighted by Gasteiger charge is -2.13. The first kappa shape index (κ1) is 14.3. The van der Waals surface area contributed by atoms with E-state index in [0.29, 0.717) is 12.1 Å². The molecule has 0 saturated carbocycles. The van der Waals surface area contributed by atoms with Crippen LogP contribution in [-0.2, 0) is 9.53 Å². The summed E-state index contributed by atoms with van der Waals surface area (Å²) in [5.41, 5.74) is 2.43. The van der Waals surface area contributed by atoms with E-state index in [1.165, 1.54) is 5.56 Å². The molecule has 1 aromatic rings. The number of carbonyl (C=O) groups excluding carboxylic acids is 1. The second kappa shape index (κ2) is 6.81. The highest BCUT2D eigenvalue weighted by Gasteiger charge is 2.08. The second-order valence-corrected chi connectivity index (χ2v) is 4.28. The number of esters is 1. The van der Waals surface area contributed by atoms with E-state index in [-0.39, 0.29) is 6.61 Å². The normalized spacial score (nSPS) is 11.7. The molecule has 1 rings (SSSR count). The van der Waals surface area contributed by atoms with Crippen molar-refractivity contribution >= 4 is 11.7 Å². The molecule has 0 aliphatic rings. The fourth-order valence-electron chi connectivity index (χ4n) is 1.26. The Morgan fingerprint density at radius 1 is 1.44 bits per heavy atom. The quantitative estimate of drug-likeness (QED) is 0.597. The molecule has 0 radical (unpaired) electrons. The predicted octanol–water partition coefficient (Wildman–Crippen LogP) is 1.89. The summed E-state index contributed by atoms with van der Waals surface area (Å²) in [5.74, 6) is -0.482. The van der Waals surface area contributed by atoms with Crippen LogP contribution in [0.25, 0.3) is 0 Å². The molecular weight excluding hydrogens is 230 g/mol. The molecule has 4 nitrogen and oxygen atoms in total. The highest BCUT2D eigenvalue weighted by atomic mass is 16.5. The molecule has 4 heteroatoms. The Balaban J connectivity index is 2.28. The highest BCUT2D eigenvalue weighted by molar-refractivity contribution is 5.86. The van der Waals surface area contributed by atoms with Crippen molar-refractivity contribution in [2.45, 2.75) is 20.0 Å². The Kier molecular flexibility index (Phi) is 5.39. The van der Waals surface area contributed by atoms with Crippen molar-refractivity contribution in [3.63, 3.8) is 0 Å². The number of aliphatic hydroxyl groups is 1. The molecule has 1 aromatic carbocycles. The lowest BCUT2D eigenvalue weighted by molar-refractivity contribution is -0.141. The molecule has 18 heavy (non-hydrogen) atoms. The minimum atomic E-state index is -0.741. The van der Waals surface area contributed by atoms with Gasteiger partial charge in [0.05, 0.1) is 0 Å². The predicted molar refractivity (Wildman–Crippen MR) is 71.4 cm³/mol. The summed E-state index contributed by atoms with van der Waals surface area (Å²) in [6.45, 7) is 7.33. The van der Waals surface area contributed by atoms with Gasteiger partial charge in [-0.05, 0) is 26.0 Å². The number of anilines is 1. The van der Waals surface area contributed by atoms with Crippen molar-refractivity contribution in [3.05, 3.63) is 42.0 Å². The number of rotatable bonds is 6. The van der Waals surface area contributed by atoms with Gasteiger partial charge in [0.15, 0.2) is 0 Å². The number of hydrogen-bond acceptors (Lipinski definition) is 4. The molecule has 0 aromatic heterocycles. The Bertz CT molecular complexity index is 412. The Morgan fingerprint density at radius 2 is 2.06 bits per heavy atom. The minimum absolute atomic E-state index is 0.0371. The Morgan fingerprint density at radius 3 is 2.61 bits per heavy atom. The van der Waals surface area contributed by atoms with Gasteiger partial charge in [-0.15, -0.1) is 0 Å². The molecular formula is C14H19NO3. The molecule has 0 heterocycles. The van der Waals surface area contributed by atoms with Crippen LogP contribution < -0.4 is 5.32 Å². The van der Waals surface area contributed by atoms with Crippen LogP contribution in [0.2, 0.25) is 0 Å². The smallest absolute Gasteiger partial charge is 0.333 e. The molecule has 0 amide bonds. The number of aryl methyl sites for hydroxylation is 1. The molecule has 0 aliphatic heterocycles. The summed E-state index contributed by atoms with van der Waals surface area (Å²) in [7, 11) is 0. The first-order valence-electron chi connectivity index (χ1n) is 5.80. The standard InChI is InChI=1S/C14H19NO3/c1-10(2)14(17)18-9-13(16)8-15-12-6-4-11(3)5-7-12/h4-7,13,15-16H,1,8-9H2,2-3H3. The van der Waals surface area contributed by atoms with Crippen LogP contribution in [0.15, 0.2) is 36.4 Å². The first-order chi connectivity index (χ1) is 8.49. The van der Waals surface area contributed by atoms with Gasteiger partial charge in [-0.2, -0.15) is 0 Å². The van der Waals surface area contributed by atoms with Crippen molar-refractivity contribution in [1.29, 1.82) is 0 Å². The minimum Gasteiger partial charge on any atom is -0.460 e. The maximum atomic E-state index is 11.1. The van der Waals surface area contributed by atoms with Crippen LogP contribution in [0, 0.1) is 6.92 Å². The van der Waals surface area contributed by atoms with Crippen molar-refractivity contribution in [2.24, 2.45) is 0 Å². The summed E-state index contributed by atoms with van der Waals surface area (Å²) in [4.78, 5) is 11.1. The van der Waals surface area contributed by atoms with E-state index in [9.17, 15) is 9.90 Å². The summed E-state index contributed by atoms with van der Waals surface area (Å²) in [5, 5.41) is 12.7. The van der Waals surface area contributed by atoms with Gasteiger partial charge in [-0.3, -0.25) is 0 Å². The third-order valence-electron chi connectivity index (χ3n) is 2.35. The third kappa shape index (κ3) is 5.01. The molecule has 1 unspecified atom stereocenters. The van der Waals surface area contributed by atoms with E-state index in [1.54, 1.807) is 6.92 Å². The van der Waals surface area contributed by atoms with Crippen molar-refractivity contribution in [2.75, 3.05) is 18.5 Å². The lowest BCUT2D eigenvalue weighted by Crippen LogP contribution is -2.26. The molecule has 0 spiro atoms. The zero-order valence-corrected chi connectivity index (χ0v) is 10.8. The van der Waals surface area contributed by atoms with Crippen molar-refractivity contribution < 1.29 is 14.6 Å². The number of benzene rings is 1. The molecule has 0 fully saturated rings. The molecule has 1 atom stereocenters. The van der Waals surface area contributed by atoms with E-state index < -0.39 is 12.1 Å². The first-order valence-corrected chi connectivity index (χ1v) is 5.80. The van der Waals surface area contributed by atoms with Gasteiger partial charge in [0.1, 0.15) is 12.7 Å². The van der Waals surface area contributed by atoms with Gasteiger partial charge in [-0.1, -0.05) is 24.3 Å². The fraction of sp³-hybridized carbons (Fsp3) is 0.357. The fourth-order valence-corrected chi connectivity index (χ4v) is 1.26. The topological polar surface area (TPSA) is 58.6 Å². The highest BCUT2D eigenvalue weighted by Crippen LogP contribution is 2.08. The van der Waals surface area contributed by atoms with Crippen LogP contribution in [-0.4, -0.2) is 30.3 Å². The van der Waals surface area contributed by atoms with E-state index in [0.717, 1.165) is 5.69 Å². The zero-order valence-electron chi connectivity index (χ0n) is 10.8. The third-order valence-corrected chi connectivity index (χ3v) is 2.35. The van der Waals surface area contributed by atoms with Crippen LogP contribution in [0.4, 0.5) is 5.69 Å². The largest absolute Gasteiger partial charge is 0.460 e. The van der Waals surface area contributed by atoms with Crippen LogP contribution in [0.3, 0.4) is 0 Å². The lowest BCUT2D eigenvalue weighted by atomic mass is 10.2. The Labute approximate surface area is 107 Å². The average molecular weight is 249 g/mol. The van der Waals surface area contributed by atoms with Gasteiger partial charge >= 0.3 is 5.97 Å². The van der Waals surface area contributed by atoms with Gasteiger partial charge in [0.2, 0.25) is 0 Å². The summed E-state index contributed by atoms with van der Waals surface area (Å²) < 4.78 is 4.84. The van der Waals surface area contributed by atoms with Gasteiger partial charge < -0.3 is 15.2 Å². The molecule has 0 saturated heterocycles. The second-order valence-electron chi connectivity index (χ2n) is 4.28. The van der Waals surface area contributed by atoms with Gasteiger partial charge in [0, 0.05) is 17.8 Å². The van der Waals surface area contributed by atoms with Crippen LogP contribution in [0.1, 0.15) is 12.5 Å². The molecule has 2 N–H and O–H groups in total. The Hall–Kier alpha value is -1.81. The zero-order chi connectivity index (χ0) is 13.5. The SMILES string of the molecule is C=C(C)C(=O)OCC(O)CNc1ccc(C)cc1. The maximum Gasteiger partial charge on any atom is 0.333 e. The summed E-state index contributed by atoms with van der Waals surface area (Å²) in [6, 6.07) is 7.83. The monoisotopic (exact) mass is 249 g/mol. The molecule has 0 aliphatic carbocycles. The average Bonchev–Trinajstić information content (AvgIpc) is 2.35. The number of hydrogen-bond donors (Lipinski definition) is 2. The van der Waals surface area contributed by atoms with E-state index in [1.807, 2.05) is 31.2 Å². The van der Waals surface area contributed by atoms with Gasteiger partial charge in [-0.25, -0.2) is 4.79 Å². The van der Waals surface area contributed by atoms with Crippen molar-refractivity contribution in [1.82, 2.24) is 0 Å². The molecule has 98 valence electrons. The number of carbonyl (C=O) groups is 1. The number of ether oxygens (including phenoxy) is 1. The van der Waals surface area contributed by atoms with E-state index in [2.05, 4.69) is 11.9 Å². The number of nitrogens with one attached hydrogen (secondary N) is 1. The van der Waals surface area contributed by atoms with Crippen LogP contribution in [0.5, 0.6) is 0 Å². The summed E-state index contributed by atoms with van der Waals surface area (Å²) in [6.07, 6.45) is -0.741. The number of aliphatic hydroxyl groups excluding tert-OH is 1. The van der Waals surface area contributed by atoms with E-state index >= 15 is 0 Å².